The summed E-state index contributed by atoms with van der Waals surface area (Å²) in [5.74, 6) is 0. The third kappa shape index (κ3) is 1.19. The Bertz CT molecular complexity index is 275. The van der Waals surface area contributed by atoms with Crippen LogP contribution in [0.1, 0.15) is 20.8 Å². The standard InChI is InChI=1S/C7H6ClNO2/c1-9-6(4-11)2-5(3-10)7(9)8/h2-4H,1H3. The molecule has 58 valence electrons. The Morgan fingerprint density at radius 2 is 2.09 bits per heavy atom. The van der Waals surface area contributed by atoms with Crippen molar-refractivity contribution in [3.05, 3.63) is 22.5 Å². The van der Waals surface area contributed by atoms with Crippen LogP contribution in [0.5, 0.6) is 0 Å². The van der Waals surface area contributed by atoms with Crippen LogP contribution in [0.3, 0.4) is 0 Å². The van der Waals surface area contributed by atoms with E-state index in [1.54, 1.807) is 7.05 Å². The predicted molar refractivity (Wildman–Crippen MR) is 41.2 cm³/mol. The van der Waals surface area contributed by atoms with Crippen molar-refractivity contribution in [3.63, 3.8) is 0 Å². The largest absolute Gasteiger partial charge is 0.332 e. The van der Waals surface area contributed by atoms with Gasteiger partial charge in [-0.05, 0) is 6.07 Å². The van der Waals surface area contributed by atoms with Gasteiger partial charge in [-0.3, -0.25) is 9.59 Å². The molecule has 0 aliphatic rings. The molecule has 1 aromatic rings. The maximum absolute atomic E-state index is 10.3. The number of aldehydes is 2. The molecule has 0 saturated heterocycles. The second-order valence-corrected chi connectivity index (χ2v) is 2.47. The fourth-order valence-corrected chi connectivity index (χ4v) is 1.02. The highest BCUT2D eigenvalue weighted by atomic mass is 35.5. The fourth-order valence-electron chi connectivity index (χ4n) is 0.818. The van der Waals surface area contributed by atoms with E-state index in [0.717, 1.165) is 0 Å². The summed E-state index contributed by atoms with van der Waals surface area (Å²) in [6.07, 6.45) is 1.27. The Balaban J connectivity index is 3.33. The average molecular weight is 172 g/mol. The average Bonchev–Trinajstić information content (AvgIpc) is 2.30. The van der Waals surface area contributed by atoms with Crippen LogP contribution in [0.4, 0.5) is 0 Å². The first kappa shape index (κ1) is 8.01. The van der Waals surface area contributed by atoms with Gasteiger partial charge in [0.05, 0.1) is 11.3 Å². The van der Waals surface area contributed by atoms with Gasteiger partial charge in [-0.1, -0.05) is 11.6 Å². The van der Waals surface area contributed by atoms with Gasteiger partial charge >= 0.3 is 0 Å². The number of nitrogens with zero attached hydrogens (tertiary/aromatic N) is 1. The first-order chi connectivity index (χ1) is 5.20. The molecular formula is C7H6ClNO2. The van der Waals surface area contributed by atoms with Crippen molar-refractivity contribution >= 4 is 24.2 Å². The summed E-state index contributed by atoms with van der Waals surface area (Å²) >= 11 is 5.67. The Hall–Kier alpha value is -1.09. The minimum absolute atomic E-state index is 0.294. The molecule has 4 heteroatoms. The van der Waals surface area contributed by atoms with Gasteiger partial charge in [-0.25, -0.2) is 0 Å². The lowest BCUT2D eigenvalue weighted by Gasteiger charge is -1.94. The molecule has 0 fully saturated rings. The molecule has 0 saturated carbocycles. The van der Waals surface area contributed by atoms with Gasteiger partial charge < -0.3 is 4.57 Å². The third-order valence-electron chi connectivity index (χ3n) is 1.47. The van der Waals surface area contributed by atoms with Gasteiger partial charge in [0.1, 0.15) is 5.15 Å². The highest BCUT2D eigenvalue weighted by Gasteiger charge is 2.07. The van der Waals surface area contributed by atoms with Crippen LogP contribution < -0.4 is 0 Å². The van der Waals surface area contributed by atoms with E-state index >= 15 is 0 Å². The zero-order valence-corrected chi connectivity index (χ0v) is 6.63. The molecule has 0 bridgehead atoms. The molecule has 0 N–H and O–H groups in total. The Morgan fingerprint density at radius 3 is 2.36 bits per heavy atom. The van der Waals surface area contributed by atoms with Crippen LogP contribution in [0.15, 0.2) is 6.07 Å². The lowest BCUT2D eigenvalue weighted by molar-refractivity contribution is 0.111. The number of aromatic nitrogens is 1. The van der Waals surface area contributed by atoms with Gasteiger partial charge in [0, 0.05) is 7.05 Å². The number of hydrogen-bond donors (Lipinski definition) is 0. The zero-order valence-electron chi connectivity index (χ0n) is 5.87. The number of carbonyl (C=O) groups excluding carboxylic acids is 2. The molecule has 11 heavy (non-hydrogen) atoms. The second-order valence-electron chi connectivity index (χ2n) is 2.11. The normalized spacial score (nSPS) is 9.64. The van der Waals surface area contributed by atoms with E-state index in [0.29, 0.717) is 29.0 Å². The molecule has 0 atom stereocenters. The fraction of sp³-hybridized carbons (Fsp3) is 0.143. The molecule has 0 aliphatic heterocycles. The molecule has 1 heterocycles. The van der Waals surface area contributed by atoms with E-state index in [9.17, 15) is 9.59 Å². The van der Waals surface area contributed by atoms with Gasteiger partial charge in [-0.2, -0.15) is 0 Å². The topological polar surface area (TPSA) is 39.1 Å². The third-order valence-corrected chi connectivity index (χ3v) is 1.94. The Labute approximate surface area is 68.6 Å². The predicted octanol–water partition coefficient (Wildman–Crippen LogP) is 1.30. The van der Waals surface area contributed by atoms with E-state index in [4.69, 9.17) is 11.6 Å². The quantitative estimate of drug-likeness (QED) is 0.630. The van der Waals surface area contributed by atoms with Crippen molar-refractivity contribution in [1.82, 2.24) is 4.57 Å². The zero-order chi connectivity index (χ0) is 8.43. The second kappa shape index (κ2) is 2.88. The first-order valence-electron chi connectivity index (χ1n) is 2.96. The lowest BCUT2D eigenvalue weighted by atomic mass is 10.3. The van der Waals surface area contributed by atoms with Crippen LogP contribution in [-0.4, -0.2) is 17.1 Å². The maximum Gasteiger partial charge on any atom is 0.166 e. The molecule has 3 nitrogen and oxygen atoms in total. The Morgan fingerprint density at radius 1 is 1.45 bits per heavy atom. The lowest BCUT2D eigenvalue weighted by Crippen LogP contribution is -1.93. The SMILES string of the molecule is Cn1c(C=O)cc(C=O)c1Cl. The summed E-state index contributed by atoms with van der Waals surface area (Å²) < 4.78 is 1.46. The number of hydrogen-bond acceptors (Lipinski definition) is 2. The molecule has 0 unspecified atom stereocenters. The van der Waals surface area contributed by atoms with Crippen molar-refractivity contribution in [3.8, 4) is 0 Å². The van der Waals surface area contributed by atoms with Crippen molar-refractivity contribution in [2.75, 3.05) is 0 Å². The van der Waals surface area contributed by atoms with Crippen LogP contribution in [0.25, 0.3) is 0 Å². The minimum atomic E-state index is 0.294. The van der Waals surface area contributed by atoms with E-state index in [2.05, 4.69) is 0 Å². The summed E-state index contributed by atoms with van der Waals surface area (Å²) in [6.45, 7) is 0. The van der Waals surface area contributed by atoms with Crippen molar-refractivity contribution in [2.24, 2.45) is 7.05 Å². The number of carbonyl (C=O) groups is 2. The smallest absolute Gasteiger partial charge is 0.166 e. The van der Waals surface area contributed by atoms with E-state index in [1.807, 2.05) is 0 Å². The minimum Gasteiger partial charge on any atom is -0.332 e. The van der Waals surface area contributed by atoms with Gasteiger partial charge in [0.15, 0.2) is 12.6 Å². The number of halogens is 1. The van der Waals surface area contributed by atoms with E-state index in [-0.39, 0.29) is 0 Å². The van der Waals surface area contributed by atoms with Crippen LogP contribution in [0, 0.1) is 0 Å². The van der Waals surface area contributed by atoms with Gasteiger partial charge in [0.2, 0.25) is 0 Å². The molecule has 0 radical (unpaired) electrons. The molecular weight excluding hydrogens is 166 g/mol. The molecule has 1 rings (SSSR count). The van der Waals surface area contributed by atoms with Crippen molar-refractivity contribution in [1.29, 1.82) is 0 Å². The molecule has 0 aromatic carbocycles. The molecule has 0 aliphatic carbocycles. The van der Waals surface area contributed by atoms with Gasteiger partial charge in [-0.15, -0.1) is 0 Å². The number of rotatable bonds is 2. The van der Waals surface area contributed by atoms with Gasteiger partial charge in [0.25, 0.3) is 0 Å². The van der Waals surface area contributed by atoms with E-state index < -0.39 is 0 Å². The Kier molecular flexibility index (Phi) is 2.10. The highest BCUT2D eigenvalue weighted by molar-refractivity contribution is 6.32. The van der Waals surface area contributed by atoms with Crippen LogP contribution in [0.2, 0.25) is 5.15 Å². The van der Waals surface area contributed by atoms with Crippen molar-refractivity contribution < 1.29 is 9.59 Å². The summed E-state index contributed by atoms with van der Waals surface area (Å²) in [6, 6.07) is 1.45. The summed E-state index contributed by atoms with van der Waals surface area (Å²) in [4.78, 5) is 20.6. The van der Waals surface area contributed by atoms with Crippen LogP contribution in [-0.2, 0) is 7.05 Å². The van der Waals surface area contributed by atoms with Crippen LogP contribution >= 0.6 is 11.6 Å². The summed E-state index contributed by atoms with van der Waals surface area (Å²) in [7, 11) is 1.62. The molecule has 0 amide bonds. The highest BCUT2D eigenvalue weighted by Crippen LogP contribution is 2.16. The molecule has 0 spiro atoms. The first-order valence-corrected chi connectivity index (χ1v) is 3.34. The summed E-state index contributed by atoms with van der Waals surface area (Å²) in [5.41, 5.74) is 0.744. The molecule has 1 aromatic heterocycles. The summed E-state index contributed by atoms with van der Waals surface area (Å²) in [5, 5.41) is 0.294. The van der Waals surface area contributed by atoms with Crippen molar-refractivity contribution in [2.45, 2.75) is 0 Å². The van der Waals surface area contributed by atoms with E-state index in [1.165, 1.54) is 10.6 Å². The monoisotopic (exact) mass is 171 g/mol. The maximum atomic E-state index is 10.3.